The van der Waals surface area contributed by atoms with Crippen molar-refractivity contribution in [2.45, 2.75) is 43.4 Å². The third-order valence-electron chi connectivity index (χ3n) is 7.00. The summed E-state index contributed by atoms with van der Waals surface area (Å²) in [6.07, 6.45) is 4.72. The number of carbonyl (C=O) groups excluding carboxylic acids is 2. The minimum Gasteiger partial charge on any atom is -0.338 e. The molecule has 7 nitrogen and oxygen atoms in total. The standard InChI is InChI=1S/C24H29N3O4S2/c28-23(18-9-14-25(15-10-18)24(29)22-6-4-16-32-22)27-13-3-5-19-17-20(7-8-21(19)27)33(30,31)26-11-1-2-12-26/h4,6-8,16-18H,1-3,5,9-15H2. The topological polar surface area (TPSA) is 78.0 Å². The van der Waals surface area contributed by atoms with Crippen molar-refractivity contribution in [3.63, 3.8) is 0 Å². The first-order valence-corrected chi connectivity index (χ1v) is 14.0. The molecule has 176 valence electrons. The summed E-state index contributed by atoms with van der Waals surface area (Å²) in [5.74, 6) is 0.0247. The quantitative estimate of drug-likeness (QED) is 0.663. The number of rotatable bonds is 4. The molecular weight excluding hydrogens is 458 g/mol. The van der Waals surface area contributed by atoms with Crippen molar-refractivity contribution in [2.75, 3.05) is 37.6 Å². The summed E-state index contributed by atoms with van der Waals surface area (Å²) in [7, 11) is -3.47. The molecule has 3 aliphatic heterocycles. The molecule has 2 fully saturated rings. The van der Waals surface area contributed by atoms with E-state index in [1.54, 1.807) is 16.4 Å². The van der Waals surface area contributed by atoms with E-state index in [1.165, 1.54) is 11.3 Å². The van der Waals surface area contributed by atoms with E-state index in [2.05, 4.69) is 0 Å². The summed E-state index contributed by atoms with van der Waals surface area (Å²) < 4.78 is 27.5. The number of thiophene rings is 1. The first kappa shape index (κ1) is 22.6. The van der Waals surface area contributed by atoms with Crippen molar-refractivity contribution >= 4 is 38.9 Å². The van der Waals surface area contributed by atoms with Gasteiger partial charge in [-0.25, -0.2) is 8.42 Å². The molecule has 0 bridgehead atoms. The van der Waals surface area contributed by atoms with Crippen LogP contribution in [0.4, 0.5) is 5.69 Å². The highest BCUT2D eigenvalue weighted by atomic mass is 32.2. The minimum atomic E-state index is -3.47. The number of amides is 2. The molecule has 0 aliphatic carbocycles. The average Bonchev–Trinajstić information content (AvgIpc) is 3.57. The van der Waals surface area contributed by atoms with E-state index in [4.69, 9.17) is 0 Å². The lowest BCUT2D eigenvalue weighted by Crippen LogP contribution is -2.45. The van der Waals surface area contributed by atoms with E-state index < -0.39 is 10.0 Å². The maximum absolute atomic E-state index is 13.4. The predicted molar refractivity (Wildman–Crippen MR) is 128 cm³/mol. The van der Waals surface area contributed by atoms with Crippen LogP contribution < -0.4 is 4.90 Å². The predicted octanol–water partition coefficient (Wildman–Crippen LogP) is 3.36. The van der Waals surface area contributed by atoms with Gasteiger partial charge in [0.25, 0.3) is 5.91 Å². The second-order valence-electron chi connectivity index (χ2n) is 9.04. The fourth-order valence-electron chi connectivity index (χ4n) is 5.15. The summed E-state index contributed by atoms with van der Waals surface area (Å²) in [6.45, 7) is 2.98. The van der Waals surface area contributed by atoms with Gasteiger partial charge in [-0.3, -0.25) is 9.59 Å². The summed E-state index contributed by atoms with van der Waals surface area (Å²) in [6, 6.07) is 8.95. The van der Waals surface area contributed by atoms with E-state index in [0.29, 0.717) is 50.5 Å². The Balaban J connectivity index is 1.28. The van der Waals surface area contributed by atoms with Crippen LogP contribution in [0.5, 0.6) is 0 Å². The fourth-order valence-corrected chi connectivity index (χ4v) is 7.41. The second kappa shape index (κ2) is 9.19. The van der Waals surface area contributed by atoms with E-state index in [9.17, 15) is 18.0 Å². The molecule has 3 aliphatic rings. The zero-order valence-corrected chi connectivity index (χ0v) is 20.2. The maximum Gasteiger partial charge on any atom is 0.263 e. The number of benzene rings is 1. The van der Waals surface area contributed by atoms with Gasteiger partial charge in [0.05, 0.1) is 9.77 Å². The van der Waals surface area contributed by atoms with Crippen molar-refractivity contribution in [3.05, 3.63) is 46.2 Å². The minimum absolute atomic E-state index is 0.0472. The zero-order chi connectivity index (χ0) is 23.0. The van der Waals surface area contributed by atoms with Crippen LogP contribution in [0.25, 0.3) is 0 Å². The molecule has 2 saturated heterocycles. The number of hydrogen-bond donors (Lipinski definition) is 0. The lowest BCUT2D eigenvalue weighted by atomic mass is 9.93. The molecule has 2 aromatic rings. The summed E-state index contributed by atoms with van der Waals surface area (Å²) in [5, 5.41) is 1.90. The van der Waals surface area contributed by atoms with Gasteiger partial charge in [0.2, 0.25) is 15.9 Å². The molecule has 9 heteroatoms. The van der Waals surface area contributed by atoms with E-state index in [-0.39, 0.29) is 17.7 Å². The SMILES string of the molecule is O=C(c1cccs1)N1CCC(C(=O)N2CCCc3cc(S(=O)(=O)N4CCCC4)ccc32)CC1. The molecule has 0 radical (unpaired) electrons. The second-order valence-corrected chi connectivity index (χ2v) is 11.9. The van der Waals surface area contributed by atoms with Crippen LogP contribution in [0.1, 0.15) is 47.3 Å². The Bertz CT molecular complexity index is 1130. The number of hydrogen-bond acceptors (Lipinski definition) is 5. The van der Waals surface area contributed by atoms with Gasteiger partial charge >= 0.3 is 0 Å². The van der Waals surface area contributed by atoms with Gasteiger partial charge in [0.1, 0.15) is 0 Å². The van der Waals surface area contributed by atoms with Crippen LogP contribution in [-0.2, 0) is 21.2 Å². The Morgan fingerprint density at radius 2 is 1.70 bits per heavy atom. The molecule has 1 aromatic carbocycles. The molecule has 0 unspecified atom stereocenters. The largest absolute Gasteiger partial charge is 0.338 e. The first-order chi connectivity index (χ1) is 15.9. The number of anilines is 1. The molecule has 4 heterocycles. The Hall–Kier alpha value is -2.23. The van der Waals surface area contributed by atoms with Gasteiger partial charge in [-0.2, -0.15) is 4.31 Å². The van der Waals surface area contributed by atoms with Gasteiger partial charge in [0.15, 0.2) is 0 Å². The lowest BCUT2D eigenvalue weighted by molar-refractivity contribution is -0.123. The van der Waals surface area contributed by atoms with Gasteiger partial charge in [-0.1, -0.05) is 6.07 Å². The van der Waals surface area contributed by atoms with Crippen molar-refractivity contribution < 1.29 is 18.0 Å². The highest BCUT2D eigenvalue weighted by molar-refractivity contribution is 7.89. The summed E-state index contributed by atoms with van der Waals surface area (Å²) in [5.41, 5.74) is 1.77. The summed E-state index contributed by atoms with van der Waals surface area (Å²) >= 11 is 1.45. The average molecular weight is 488 g/mol. The molecule has 33 heavy (non-hydrogen) atoms. The van der Waals surface area contributed by atoms with Gasteiger partial charge < -0.3 is 9.80 Å². The number of aryl methyl sites for hydroxylation is 1. The molecule has 0 spiro atoms. The van der Waals surface area contributed by atoms with Gasteiger partial charge in [-0.15, -0.1) is 11.3 Å². The van der Waals surface area contributed by atoms with E-state index in [0.717, 1.165) is 41.8 Å². The lowest BCUT2D eigenvalue weighted by Gasteiger charge is -2.36. The normalized spacial score (nSPS) is 20.1. The Morgan fingerprint density at radius 3 is 2.39 bits per heavy atom. The molecule has 0 N–H and O–H groups in total. The van der Waals surface area contributed by atoms with Crippen LogP contribution in [-0.4, -0.2) is 62.2 Å². The third-order valence-corrected chi connectivity index (χ3v) is 9.75. The first-order valence-electron chi connectivity index (χ1n) is 11.7. The van der Waals surface area contributed by atoms with Crippen LogP contribution >= 0.6 is 11.3 Å². The summed E-state index contributed by atoms with van der Waals surface area (Å²) in [4.78, 5) is 30.8. The van der Waals surface area contributed by atoms with Gasteiger partial charge in [0, 0.05) is 44.3 Å². The van der Waals surface area contributed by atoms with E-state index >= 15 is 0 Å². The Morgan fingerprint density at radius 1 is 0.939 bits per heavy atom. The maximum atomic E-state index is 13.4. The van der Waals surface area contributed by atoms with Crippen LogP contribution in [0.15, 0.2) is 40.6 Å². The zero-order valence-electron chi connectivity index (χ0n) is 18.6. The molecular formula is C24H29N3O4S2. The number of sulfonamides is 1. The van der Waals surface area contributed by atoms with Crippen molar-refractivity contribution in [1.29, 1.82) is 0 Å². The van der Waals surface area contributed by atoms with Crippen LogP contribution in [0.2, 0.25) is 0 Å². The number of nitrogens with zero attached hydrogens (tertiary/aromatic N) is 3. The third kappa shape index (κ3) is 4.34. The number of carbonyl (C=O) groups is 2. The monoisotopic (exact) mass is 487 g/mol. The van der Waals surface area contributed by atoms with E-state index in [1.807, 2.05) is 33.4 Å². The van der Waals surface area contributed by atoms with Crippen molar-refractivity contribution in [1.82, 2.24) is 9.21 Å². The smallest absolute Gasteiger partial charge is 0.263 e. The Labute approximate surface area is 199 Å². The highest BCUT2D eigenvalue weighted by Gasteiger charge is 2.34. The van der Waals surface area contributed by atoms with Crippen molar-refractivity contribution in [3.8, 4) is 0 Å². The molecule has 1 aromatic heterocycles. The van der Waals surface area contributed by atoms with Crippen LogP contribution in [0, 0.1) is 5.92 Å². The number of fused-ring (bicyclic) bond motifs is 1. The number of likely N-dealkylation sites (tertiary alicyclic amines) is 1. The van der Waals surface area contributed by atoms with Crippen molar-refractivity contribution in [2.24, 2.45) is 5.92 Å². The highest BCUT2D eigenvalue weighted by Crippen LogP contribution is 2.33. The molecule has 5 rings (SSSR count). The molecule has 0 saturated carbocycles. The number of piperidine rings is 1. The Kier molecular flexibility index (Phi) is 6.28. The molecule has 2 amide bonds. The van der Waals surface area contributed by atoms with Crippen LogP contribution in [0.3, 0.4) is 0 Å². The molecule has 0 atom stereocenters. The fraction of sp³-hybridized carbons (Fsp3) is 0.500. The van der Waals surface area contributed by atoms with Gasteiger partial charge in [-0.05, 0) is 73.7 Å².